The van der Waals surface area contributed by atoms with Gasteiger partial charge in [0.25, 0.3) is 0 Å². The van der Waals surface area contributed by atoms with Crippen LogP contribution in [0.15, 0.2) is 132 Å². The molecular formula is C33H27BrSi. The van der Waals surface area contributed by atoms with Crippen molar-refractivity contribution in [2.24, 2.45) is 0 Å². The predicted molar refractivity (Wildman–Crippen MR) is 155 cm³/mol. The molecule has 0 fully saturated rings. The molecule has 0 bridgehead atoms. The first-order chi connectivity index (χ1) is 17.0. The normalized spacial score (nSPS) is 13.8. The molecule has 170 valence electrons. The molecule has 0 unspecified atom stereocenters. The van der Waals surface area contributed by atoms with E-state index in [1.54, 1.807) is 0 Å². The summed E-state index contributed by atoms with van der Waals surface area (Å²) in [5, 5.41) is 5.66. The second-order valence-electron chi connectivity index (χ2n) is 9.92. The van der Waals surface area contributed by atoms with Gasteiger partial charge in [0.1, 0.15) is 0 Å². The number of halogens is 1. The Morgan fingerprint density at radius 2 is 0.914 bits per heavy atom. The molecule has 0 saturated carbocycles. The minimum atomic E-state index is -2.53. The van der Waals surface area contributed by atoms with Crippen LogP contribution < -0.4 is 20.7 Å². The van der Waals surface area contributed by atoms with Gasteiger partial charge >= 0.3 is 0 Å². The van der Waals surface area contributed by atoms with Crippen LogP contribution in [0.4, 0.5) is 0 Å². The maximum Gasteiger partial charge on any atom is 0.179 e. The molecule has 6 rings (SSSR count). The van der Waals surface area contributed by atoms with Gasteiger partial charge in [-0.25, -0.2) is 0 Å². The first-order valence-electron chi connectivity index (χ1n) is 12.1. The highest BCUT2D eigenvalue weighted by molar-refractivity contribution is 9.10. The highest BCUT2D eigenvalue weighted by atomic mass is 79.9. The largest absolute Gasteiger partial charge is 0.179 e. The molecule has 2 heteroatoms. The molecule has 0 amide bonds. The fourth-order valence-corrected chi connectivity index (χ4v) is 11.1. The molecule has 0 atom stereocenters. The summed E-state index contributed by atoms with van der Waals surface area (Å²) in [5.41, 5.74) is 5.46. The van der Waals surface area contributed by atoms with Gasteiger partial charge in [-0.3, -0.25) is 0 Å². The Bertz CT molecular complexity index is 1410. The Morgan fingerprint density at radius 3 is 1.40 bits per heavy atom. The van der Waals surface area contributed by atoms with E-state index >= 15 is 0 Å². The van der Waals surface area contributed by atoms with Crippen molar-refractivity contribution >= 4 is 44.8 Å². The van der Waals surface area contributed by atoms with Crippen molar-refractivity contribution in [3.63, 3.8) is 0 Å². The van der Waals surface area contributed by atoms with E-state index in [1.165, 1.54) is 43.0 Å². The van der Waals surface area contributed by atoms with Crippen LogP contribution in [0.1, 0.15) is 25.0 Å². The van der Waals surface area contributed by atoms with Crippen molar-refractivity contribution in [2.45, 2.75) is 19.3 Å². The van der Waals surface area contributed by atoms with Crippen molar-refractivity contribution in [3.8, 4) is 11.1 Å². The van der Waals surface area contributed by atoms with Crippen molar-refractivity contribution in [1.29, 1.82) is 0 Å². The topological polar surface area (TPSA) is 0 Å². The average Bonchev–Trinajstić information content (AvgIpc) is 3.12. The molecular weight excluding hydrogens is 504 g/mol. The second kappa shape index (κ2) is 8.48. The fraction of sp³-hybridized carbons (Fsp3) is 0.0909. The molecule has 0 spiro atoms. The van der Waals surface area contributed by atoms with Gasteiger partial charge in [0, 0.05) is 9.89 Å². The maximum atomic E-state index is 3.71. The smallest absolute Gasteiger partial charge is 0.0623 e. The van der Waals surface area contributed by atoms with Crippen LogP contribution in [0.25, 0.3) is 11.1 Å². The minimum Gasteiger partial charge on any atom is -0.0623 e. The van der Waals surface area contributed by atoms with Gasteiger partial charge in [0.05, 0.1) is 0 Å². The predicted octanol–water partition coefficient (Wildman–Crippen LogP) is 6.13. The first-order valence-corrected chi connectivity index (χ1v) is 14.9. The van der Waals surface area contributed by atoms with E-state index in [9.17, 15) is 0 Å². The summed E-state index contributed by atoms with van der Waals surface area (Å²) in [4.78, 5) is 0. The molecule has 0 aliphatic heterocycles. The summed E-state index contributed by atoms with van der Waals surface area (Å²) < 4.78 is 1.14. The Hall–Kier alpha value is -3.20. The zero-order chi connectivity index (χ0) is 24.0. The van der Waals surface area contributed by atoms with Gasteiger partial charge in [0.15, 0.2) is 8.07 Å². The Labute approximate surface area is 217 Å². The third-order valence-corrected chi connectivity index (χ3v) is 13.0. The van der Waals surface area contributed by atoms with Gasteiger partial charge in [-0.1, -0.05) is 145 Å². The molecule has 35 heavy (non-hydrogen) atoms. The number of rotatable bonds is 4. The van der Waals surface area contributed by atoms with Crippen LogP contribution in [0.5, 0.6) is 0 Å². The summed E-state index contributed by atoms with van der Waals surface area (Å²) in [6.07, 6.45) is 0. The molecule has 0 N–H and O–H groups in total. The van der Waals surface area contributed by atoms with Crippen LogP contribution >= 0.6 is 15.9 Å². The van der Waals surface area contributed by atoms with E-state index in [2.05, 4.69) is 157 Å². The zero-order valence-corrected chi connectivity index (χ0v) is 22.6. The van der Waals surface area contributed by atoms with E-state index in [0.29, 0.717) is 0 Å². The summed E-state index contributed by atoms with van der Waals surface area (Å²) in [6.45, 7) is 4.73. The lowest BCUT2D eigenvalue weighted by atomic mass is 9.82. The molecule has 0 aromatic heterocycles. The van der Waals surface area contributed by atoms with Crippen molar-refractivity contribution < 1.29 is 0 Å². The lowest BCUT2D eigenvalue weighted by Crippen LogP contribution is -2.74. The Morgan fingerprint density at radius 1 is 0.486 bits per heavy atom. The van der Waals surface area contributed by atoms with Crippen LogP contribution in [-0.2, 0) is 5.41 Å². The molecule has 0 radical (unpaired) electrons. The van der Waals surface area contributed by atoms with Crippen LogP contribution in [0.3, 0.4) is 0 Å². The van der Waals surface area contributed by atoms with Crippen molar-refractivity contribution in [2.75, 3.05) is 0 Å². The monoisotopic (exact) mass is 530 g/mol. The highest BCUT2D eigenvalue weighted by Crippen LogP contribution is 2.49. The number of fused-ring (bicyclic) bond motifs is 3. The van der Waals surface area contributed by atoms with E-state index in [0.717, 1.165) is 4.47 Å². The molecule has 5 aromatic carbocycles. The maximum absolute atomic E-state index is 3.71. The van der Waals surface area contributed by atoms with Gasteiger partial charge in [0.2, 0.25) is 0 Å². The lowest BCUT2D eigenvalue weighted by molar-refractivity contribution is 0.660. The molecule has 0 nitrogen and oxygen atoms in total. The van der Waals surface area contributed by atoms with Crippen molar-refractivity contribution in [1.82, 2.24) is 0 Å². The molecule has 0 heterocycles. The third kappa shape index (κ3) is 3.39. The molecule has 1 aliphatic carbocycles. The van der Waals surface area contributed by atoms with E-state index in [4.69, 9.17) is 0 Å². The quantitative estimate of drug-likeness (QED) is 0.193. The van der Waals surface area contributed by atoms with Crippen molar-refractivity contribution in [3.05, 3.63) is 143 Å². The van der Waals surface area contributed by atoms with E-state index < -0.39 is 8.07 Å². The molecule has 0 saturated heterocycles. The standard InChI is InChI=1S/C33H27BrSi/c1-33(2)31-22-24(34)18-20-29(31)30-21-19-28(23-32(30)33)35(25-12-6-3-7-13-25,26-14-8-4-9-15-26)27-16-10-5-11-17-27/h3-23H,1-2H3. The van der Waals surface area contributed by atoms with Gasteiger partial charge < -0.3 is 0 Å². The summed E-state index contributed by atoms with van der Waals surface area (Å²) >= 11 is 3.71. The van der Waals surface area contributed by atoms with Crippen LogP contribution in [-0.4, -0.2) is 8.07 Å². The Kier molecular flexibility index (Phi) is 5.39. The van der Waals surface area contributed by atoms with E-state index in [1.807, 2.05) is 0 Å². The van der Waals surface area contributed by atoms with Crippen LogP contribution in [0, 0.1) is 0 Å². The minimum absolute atomic E-state index is 0.0609. The summed E-state index contributed by atoms with van der Waals surface area (Å²) in [7, 11) is -2.53. The zero-order valence-electron chi connectivity index (χ0n) is 20.0. The van der Waals surface area contributed by atoms with Gasteiger partial charge in [-0.2, -0.15) is 0 Å². The molecule has 1 aliphatic rings. The Balaban J connectivity index is 1.69. The van der Waals surface area contributed by atoms with Gasteiger partial charge in [-0.05, 0) is 55.1 Å². The van der Waals surface area contributed by atoms with E-state index in [-0.39, 0.29) is 5.41 Å². The number of hydrogen-bond acceptors (Lipinski definition) is 0. The number of hydrogen-bond donors (Lipinski definition) is 0. The first kappa shape index (κ1) is 22.3. The second-order valence-corrected chi connectivity index (χ2v) is 14.6. The summed E-state index contributed by atoms with van der Waals surface area (Å²) in [6, 6.07) is 47.5. The third-order valence-electron chi connectivity index (χ3n) is 7.69. The highest BCUT2D eigenvalue weighted by Gasteiger charge is 2.43. The summed E-state index contributed by atoms with van der Waals surface area (Å²) in [5.74, 6) is 0. The van der Waals surface area contributed by atoms with Gasteiger partial charge in [-0.15, -0.1) is 0 Å². The lowest BCUT2D eigenvalue weighted by Gasteiger charge is -2.35. The average molecular weight is 532 g/mol. The fourth-order valence-electron chi connectivity index (χ4n) is 6.01. The SMILES string of the molecule is CC1(C)c2cc(Br)ccc2-c2ccc([Si](c3ccccc3)(c3ccccc3)c3ccccc3)cc21. The van der Waals surface area contributed by atoms with Crippen LogP contribution in [0.2, 0.25) is 0 Å². The molecule has 5 aromatic rings. The number of benzene rings is 5.